The number of hydrogen-bond acceptors (Lipinski definition) is 4. The average molecular weight is 331 g/mol. The van der Waals surface area contributed by atoms with Gasteiger partial charge < -0.3 is 25.5 Å². The molecule has 1 aromatic carbocycles. The van der Waals surface area contributed by atoms with Gasteiger partial charge in [-0.2, -0.15) is 0 Å². The maximum atomic E-state index is 12.0. The van der Waals surface area contributed by atoms with E-state index in [0.29, 0.717) is 23.6 Å². The lowest BCUT2D eigenvalue weighted by atomic mass is 10.1. The smallest absolute Gasteiger partial charge is 0.319 e. The number of amides is 3. The number of carbonyl (C=O) groups excluding carboxylic acids is 2. The highest BCUT2D eigenvalue weighted by molar-refractivity contribution is 5.94. The monoisotopic (exact) mass is 331 g/mol. The predicted molar refractivity (Wildman–Crippen MR) is 90.8 cm³/mol. The van der Waals surface area contributed by atoms with Crippen molar-refractivity contribution < 1.29 is 19.1 Å². The summed E-state index contributed by atoms with van der Waals surface area (Å²) in [5.74, 6) is 0.284. The Morgan fingerprint density at radius 2 is 2.04 bits per heavy atom. The van der Waals surface area contributed by atoms with Gasteiger partial charge in [-0.15, -0.1) is 0 Å². The molecule has 0 aliphatic carbocycles. The fraction of sp³-hybridized carbons (Fsp3) is 0.294. The van der Waals surface area contributed by atoms with E-state index in [1.165, 1.54) is 6.26 Å². The van der Waals surface area contributed by atoms with Crippen LogP contribution in [0.3, 0.4) is 0 Å². The summed E-state index contributed by atoms with van der Waals surface area (Å²) < 4.78 is 5.07. The van der Waals surface area contributed by atoms with Crippen LogP contribution in [0.25, 0.3) is 0 Å². The van der Waals surface area contributed by atoms with E-state index in [-0.39, 0.29) is 12.5 Å². The molecule has 0 radical (unpaired) electrons. The van der Waals surface area contributed by atoms with Crippen LogP contribution < -0.4 is 16.0 Å². The van der Waals surface area contributed by atoms with Crippen molar-refractivity contribution in [1.29, 1.82) is 0 Å². The molecule has 0 spiro atoms. The SMILES string of the molecule is CCC(=O)Nc1ccc(C)c(NC(=O)NCC(O)c2ccco2)c1. The number of urea groups is 1. The van der Waals surface area contributed by atoms with Crippen molar-refractivity contribution in [1.82, 2.24) is 5.32 Å². The molecule has 0 saturated heterocycles. The Balaban J connectivity index is 1.93. The fourth-order valence-electron chi connectivity index (χ4n) is 2.02. The number of anilines is 2. The number of aliphatic hydroxyl groups excluding tert-OH is 1. The maximum absolute atomic E-state index is 12.0. The summed E-state index contributed by atoms with van der Waals surface area (Å²) in [6.07, 6.45) is 0.918. The molecule has 0 aliphatic heterocycles. The molecular formula is C17H21N3O4. The van der Waals surface area contributed by atoms with Gasteiger partial charge in [-0.3, -0.25) is 4.79 Å². The lowest BCUT2D eigenvalue weighted by molar-refractivity contribution is -0.115. The number of benzene rings is 1. The Hall–Kier alpha value is -2.80. The molecule has 7 nitrogen and oxygen atoms in total. The van der Waals surface area contributed by atoms with Crippen LogP contribution in [0.4, 0.5) is 16.2 Å². The third kappa shape index (κ3) is 4.85. The van der Waals surface area contributed by atoms with E-state index in [1.54, 1.807) is 37.3 Å². The third-order valence-corrected chi connectivity index (χ3v) is 3.42. The van der Waals surface area contributed by atoms with Crippen LogP contribution in [0.1, 0.15) is 30.8 Å². The van der Waals surface area contributed by atoms with E-state index >= 15 is 0 Å². The van der Waals surface area contributed by atoms with E-state index < -0.39 is 12.1 Å². The summed E-state index contributed by atoms with van der Waals surface area (Å²) in [4.78, 5) is 23.4. The molecule has 1 aromatic heterocycles. The normalized spacial score (nSPS) is 11.6. The van der Waals surface area contributed by atoms with Gasteiger partial charge in [0.1, 0.15) is 11.9 Å². The van der Waals surface area contributed by atoms with Crippen LogP contribution in [0, 0.1) is 6.92 Å². The van der Waals surface area contributed by atoms with Crippen molar-refractivity contribution >= 4 is 23.3 Å². The van der Waals surface area contributed by atoms with Crippen LogP contribution in [0.2, 0.25) is 0 Å². The van der Waals surface area contributed by atoms with Crippen molar-refractivity contribution in [3.8, 4) is 0 Å². The molecule has 1 atom stereocenters. The first-order chi connectivity index (χ1) is 11.5. The molecule has 24 heavy (non-hydrogen) atoms. The molecule has 7 heteroatoms. The lowest BCUT2D eigenvalue weighted by Gasteiger charge is -2.13. The van der Waals surface area contributed by atoms with Crippen LogP contribution in [-0.2, 0) is 4.79 Å². The zero-order valence-electron chi connectivity index (χ0n) is 13.6. The van der Waals surface area contributed by atoms with E-state index in [0.717, 1.165) is 5.56 Å². The third-order valence-electron chi connectivity index (χ3n) is 3.42. The molecule has 3 amide bonds. The number of furan rings is 1. The van der Waals surface area contributed by atoms with Gasteiger partial charge in [0, 0.05) is 17.8 Å². The predicted octanol–water partition coefficient (Wildman–Crippen LogP) is 2.79. The Kier molecular flexibility index (Phi) is 5.97. The second-order valence-corrected chi connectivity index (χ2v) is 5.30. The molecule has 1 unspecified atom stereocenters. The van der Waals surface area contributed by atoms with Gasteiger partial charge in [-0.1, -0.05) is 13.0 Å². The van der Waals surface area contributed by atoms with Gasteiger partial charge in [0.15, 0.2) is 0 Å². The quantitative estimate of drug-likeness (QED) is 0.653. The maximum Gasteiger partial charge on any atom is 0.319 e. The summed E-state index contributed by atoms with van der Waals surface area (Å²) in [7, 11) is 0. The van der Waals surface area contributed by atoms with Gasteiger partial charge in [0.2, 0.25) is 5.91 Å². The van der Waals surface area contributed by atoms with E-state index in [1.807, 2.05) is 6.92 Å². The first kappa shape index (κ1) is 17.6. The minimum absolute atomic E-state index is 0.0185. The molecule has 0 saturated carbocycles. The minimum atomic E-state index is -0.915. The average Bonchev–Trinajstić information content (AvgIpc) is 3.10. The van der Waals surface area contributed by atoms with Crippen LogP contribution >= 0.6 is 0 Å². The van der Waals surface area contributed by atoms with Gasteiger partial charge in [-0.05, 0) is 36.8 Å². The highest BCUT2D eigenvalue weighted by Crippen LogP contribution is 2.20. The molecular weight excluding hydrogens is 310 g/mol. The van der Waals surface area contributed by atoms with Crippen LogP contribution in [0.5, 0.6) is 0 Å². The molecule has 0 bridgehead atoms. The Bertz CT molecular complexity index is 698. The number of rotatable bonds is 6. The van der Waals surface area contributed by atoms with E-state index in [4.69, 9.17) is 4.42 Å². The molecule has 2 aromatic rings. The summed E-state index contributed by atoms with van der Waals surface area (Å²) in [6, 6.07) is 8.10. The van der Waals surface area contributed by atoms with Crippen molar-refractivity contribution in [2.24, 2.45) is 0 Å². The highest BCUT2D eigenvalue weighted by atomic mass is 16.4. The van der Waals surface area contributed by atoms with Gasteiger partial charge in [0.25, 0.3) is 0 Å². The number of aliphatic hydroxyl groups is 1. The number of hydrogen-bond donors (Lipinski definition) is 4. The zero-order chi connectivity index (χ0) is 17.5. The van der Waals surface area contributed by atoms with Crippen LogP contribution in [0.15, 0.2) is 41.0 Å². The summed E-state index contributed by atoms with van der Waals surface area (Å²) in [5.41, 5.74) is 2.04. The Morgan fingerprint density at radius 1 is 1.25 bits per heavy atom. The molecule has 4 N–H and O–H groups in total. The summed E-state index contributed by atoms with van der Waals surface area (Å²) in [5, 5.41) is 17.9. The fourth-order valence-corrected chi connectivity index (χ4v) is 2.02. The summed E-state index contributed by atoms with van der Waals surface area (Å²) in [6.45, 7) is 3.63. The van der Waals surface area contributed by atoms with Crippen molar-refractivity contribution in [3.05, 3.63) is 47.9 Å². The first-order valence-electron chi connectivity index (χ1n) is 7.66. The van der Waals surface area contributed by atoms with Crippen molar-refractivity contribution in [2.45, 2.75) is 26.4 Å². The van der Waals surface area contributed by atoms with Gasteiger partial charge >= 0.3 is 6.03 Å². The lowest BCUT2D eigenvalue weighted by Crippen LogP contribution is -2.32. The van der Waals surface area contributed by atoms with Gasteiger partial charge in [-0.25, -0.2) is 4.79 Å². The molecule has 0 fully saturated rings. The second-order valence-electron chi connectivity index (χ2n) is 5.30. The van der Waals surface area contributed by atoms with E-state index in [9.17, 15) is 14.7 Å². The standard InChI is InChI=1S/C17H21N3O4/c1-3-16(22)19-12-7-6-11(2)13(9-12)20-17(23)18-10-14(21)15-5-4-8-24-15/h4-9,14,21H,3,10H2,1-2H3,(H,19,22)(H2,18,20,23). The topological polar surface area (TPSA) is 104 Å². The van der Waals surface area contributed by atoms with Crippen molar-refractivity contribution in [3.63, 3.8) is 0 Å². The minimum Gasteiger partial charge on any atom is -0.467 e. The largest absolute Gasteiger partial charge is 0.467 e. The van der Waals surface area contributed by atoms with Crippen LogP contribution in [-0.4, -0.2) is 23.6 Å². The van der Waals surface area contributed by atoms with Gasteiger partial charge in [0.05, 0.1) is 12.8 Å². The summed E-state index contributed by atoms with van der Waals surface area (Å²) >= 11 is 0. The number of aryl methyl sites for hydroxylation is 1. The highest BCUT2D eigenvalue weighted by Gasteiger charge is 2.12. The molecule has 1 heterocycles. The number of nitrogens with one attached hydrogen (secondary N) is 3. The van der Waals surface area contributed by atoms with Crippen molar-refractivity contribution in [2.75, 3.05) is 17.2 Å². The second kappa shape index (κ2) is 8.16. The Labute approximate surface area is 140 Å². The molecule has 0 aliphatic rings. The first-order valence-corrected chi connectivity index (χ1v) is 7.66. The number of carbonyl (C=O) groups is 2. The van der Waals surface area contributed by atoms with E-state index in [2.05, 4.69) is 16.0 Å². The Morgan fingerprint density at radius 3 is 2.71 bits per heavy atom. The molecule has 128 valence electrons. The molecule has 2 rings (SSSR count). The zero-order valence-corrected chi connectivity index (χ0v) is 13.6.